The SMILES string of the molecule is CS(=O)(=O)NC1C2CN3CCN(C2)CC1(c1ccccc1)C3. The lowest BCUT2D eigenvalue weighted by Crippen LogP contribution is -2.70. The Morgan fingerprint density at radius 3 is 2.23 bits per heavy atom. The van der Waals surface area contributed by atoms with Crippen LogP contribution in [0.1, 0.15) is 5.56 Å². The normalized spacial score (nSPS) is 40.6. The van der Waals surface area contributed by atoms with Gasteiger partial charge < -0.3 is 9.80 Å². The Hall–Kier alpha value is -0.950. The van der Waals surface area contributed by atoms with E-state index < -0.39 is 10.0 Å². The van der Waals surface area contributed by atoms with Gasteiger partial charge in [0.05, 0.1) is 6.26 Å². The van der Waals surface area contributed by atoms with Gasteiger partial charge in [0.2, 0.25) is 10.0 Å². The number of sulfonamides is 1. The maximum atomic E-state index is 11.9. The Balaban J connectivity index is 1.82. The van der Waals surface area contributed by atoms with E-state index in [-0.39, 0.29) is 11.5 Å². The lowest BCUT2D eigenvalue weighted by molar-refractivity contribution is 0.0282. The summed E-state index contributed by atoms with van der Waals surface area (Å²) < 4.78 is 26.9. The molecule has 3 unspecified atom stereocenters. The van der Waals surface area contributed by atoms with Gasteiger partial charge >= 0.3 is 0 Å². The van der Waals surface area contributed by atoms with E-state index in [0.717, 1.165) is 39.3 Å². The zero-order valence-corrected chi connectivity index (χ0v) is 13.7. The third kappa shape index (κ3) is 2.38. The van der Waals surface area contributed by atoms with Crippen LogP contribution in [-0.4, -0.2) is 69.8 Å². The van der Waals surface area contributed by atoms with E-state index >= 15 is 0 Å². The molecule has 5 rings (SSSR count). The van der Waals surface area contributed by atoms with E-state index in [1.807, 2.05) is 6.07 Å². The van der Waals surface area contributed by atoms with Crippen LogP contribution in [0.15, 0.2) is 30.3 Å². The van der Waals surface area contributed by atoms with Gasteiger partial charge in [-0.15, -0.1) is 0 Å². The molecule has 4 fully saturated rings. The van der Waals surface area contributed by atoms with Gasteiger partial charge in [0.25, 0.3) is 0 Å². The fraction of sp³-hybridized carbons (Fsp3) is 0.625. The second kappa shape index (κ2) is 5.03. The smallest absolute Gasteiger partial charge is 0.208 e. The summed E-state index contributed by atoms with van der Waals surface area (Å²) in [5.74, 6) is 0.361. The minimum absolute atomic E-state index is 0.00417. The lowest BCUT2D eigenvalue weighted by atomic mass is 9.65. The summed E-state index contributed by atoms with van der Waals surface area (Å²) in [7, 11) is -3.21. The predicted octanol–water partition coefficient (Wildman–Crippen LogP) is 0.103. The first-order valence-corrected chi connectivity index (χ1v) is 9.83. The number of rotatable bonds is 3. The average molecular weight is 321 g/mol. The fourth-order valence-corrected chi connectivity index (χ4v) is 5.63. The highest BCUT2D eigenvalue weighted by atomic mass is 32.2. The van der Waals surface area contributed by atoms with Crippen LogP contribution in [0, 0.1) is 5.92 Å². The van der Waals surface area contributed by atoms with Crippen LogP contribution in [-0.2, 0) is 15.4 Å². The van der Waals surface area contributed by atoms with Gasteiger partial charge in [0.15, 0.2) is 0 Å². The average Bonchev–Trinajstić information content (AvgIpc) is 2.71. The highest BCUT2D eigenvalue weighted by Gasteiger charge is 2.55. The van der Waals surface area contributed by atoms with Crippen LogP contribution >= 0.6 is 0 Å². The standard InChI is InChI=1S/C16H23N3O2S/c1-22(20,21)17-15-13-9-18-7-8-19(10-13)12-16(15,11-18)14-5-3-2-4-6-14/h2-6,13,15,17H,7-12H2,1H3. The zero-order chi connectivity index (χ0) is 15.4. The monoisotopic (exact) mass is 321 g/mol. The molecule has 4 saturated heterocycles. The van der Waals surface area contributed by atoms with Crippen LogP contribution in [0.5, 0.6) is 0 Å². The Kier molecular flexibility index (Phi) is 3.34. The molecule has 4 aliphatic heterocycles. The molecular formula is C16H23N3O2S. The fourth-order valence-electron chi connectivity index (χ4n) is 4.75. The topological polar surface area (TPSA) is 52.7 Å². The molecule has 22 heavy (non-hydrogen) atoms. The van der Waals surface area contributed by atoms with E-state index in [1.54, 1.807) is 0 Å². The molecule has 0 saturated carbocycles. The molecular weight excluding hydrogens is 298 g/mol. The molecule has 6 heteroatoms. The quantitative estimate of drug-likeness (QED) is 0.858. The molecule has 4 heterocycles. The number of benzene rings is 1. The van der Waals surface area contributed by atoms with Crippen molar-refractivity contribution in [3.63, 3.8) is 0 Å². The summed E-state index contributed by atoms with van der Waals surface area (Å²) in [6.07, 6.45) is 1.28. The van der Waals surface area contributed by atoms with E-state index in [9.17, 15) is 8.42 Å². The van der Waals surface area contributed by atoms with Crippen molar-refractivity contribution < 1.29 is 8.42 Å². The highest BCUT2D eigenvalue weighted by molar-refractivity contribution is 7.88. The number of piperidine rings is 2. The molecule has 0 aromatic heterocycles. The molecule has 3 atom stereocenters. The van der Waals surface area contributed by atoms with Crippen molar-refractivity contribution in [3.05, 3.63) is 35.9 Å². The highest BCUT2D eigenvalue weighted by Crippen LogP contribution is 2.43. The first-order chi connectivity index (χ1) is 10.5. The Bertz CT molecular complexity index is 645. The second-order valence-electron chi connectivity index (χ2n) is 7.12. The van der Waals surface area contributed by atoms with Crippen molar-refractivity contribution >= 4 is 10.0 Å². The Morgan fingerprint density at radius 1 is 1.09 bits per heavy atom. The van der Waals surface area contributed by atoms with Gasteiger partial charge in [-0.25, -0.2) is 13.1 Å². The summed E-state index contributed by atoms with van der Waals surface area (Å²) >= 11 is 0. The molecule has 1 aromatic carbocycles. The molecule has 0 spiro atoms. The molecule has 4 bridgehead atoms. The van der Waals surface area contributed by atoms with Crippen molar-refractivity contribution in [2.45, 2.75) is 11.5 Å². The third-order valence-electron chi connectivity index (χ3n) is 5.49. The Morgan fingerprint density at radius 2 is 1.68 bits per heavy atom. The molecule has 0 amide bonds. The largest absolute Gasteiger partial charge is 0.301 e. The number of hydrogen-bond acceptors (Lipinski definition) is 4. The first kappa shape index (κ1) is 14.6. The lowest BCUT2D eigenvalue weighted by Gasteiger charge is -2.55. The predicted molar refractivity (Wildman–Crippen MR) is 86.3 cm³/mol. The number of nitrogens with zero attached hydrogens (tertiary/aromatic N) is 2. The van der Waals surface area contributed by atoms with Gasteiger partial charge in [-0.2, -0.15) is 0 Å². The van der Waals surface area contributed by atoms with Crippen molar-refractivity contribution in [2.24, 2.45) is 5.92 Å². The molecule has 1 aromatic rings. The molecule has 4 aliphatic rings. The number of fused-ring (bicyclic) bond motifs is 1. The molecule has 0 radical (unpaired) electrons. The zero-order valence-electron chi connectivity index (χ0n) is 12.9. The van der Waals surface area contributed by atoms with Crippen molar-refractivity contribution in [1.82, 2.24) is 14.5 Å². The van der Waals surface area contributed by atoms with Gasteiger partial charge in [0, 0.05) is 56.6 Å². The van der Waals surface area contributed by atoms with Crippen LogP contribution in [0.3, 0.4) is 0 Å². The first-order valence-electron chi connectivity index (χ1n) is 7.94. The van der Waals surface area contributed by atoms with E-state index in [2.05, 4.69) is 38.8 Å². The summed E-state index contributed by atoms with van der Waals surface area (Å²) in [6.45, 7) is 6.07. The van der Waals surface area contributed by atoms with Gasteiger partial charge in [-0.05, 0) is 5.56 Å². The van der Waals surface area contributed by atoms with E-state index in [4.69, 9.17) is 0 Å². The molecule has 120 valence electrons. The van der Waals surface area contributed by atoms with E-state index in [0.29, 0.717) is 5.92 Å². The van der Waals surface area contributed by atoms with Crippen molar-refractivity contribution in [2.75, 3.05) is 45.5 Å². The maximum absolute atomic E-state index is 11.9. The molecule has 0 aliphatic carbocycles. The van der Waals surface area contributed by atoms with E-state index in [1.165, 1.54) is 11.8 Å². The summed E-state index contributed by atoms with van der Waals surface area (Å²) in [5, 5.41) is 0. The number of nitrogens with one attached hydrogen (secondary N) is 1. The molecule has 5 nitrogen and oxygen atoms in total. The van der Waals surface area contributed by atoms with Crippen LogP contribution < -0.4 is 4.72 Å². The third-order valence-corrected chi connectivity index (χ3v) is 6.17. The molecule has 1 N–H and O–H groups in total. The summed E-state index contributed by atoms with van der Waals surface area (Å²) in [6, 6.07) is 10.5. The minimum atomic E-state index is -3.21. The van der Waals surface area contributed by atoms with Gasteiger partial charge in [0.1, 0.15) is 0 Å². The van der Waals surface area contributed by atoms with Crippen LogP contribution in [0.25, 0.3) is 0 Å². The maximum Gasteiger partial charge on any atom is 0.208 e. The second-order valence-corrected chi connectivity index (χ2v) is 8.90. The van der Waals surface area contributed by atoms with Crippen molar-refractivity contribution in [1.29, 1.82) is 0 Å². The summed E-state index contributed by atoms with van der Waals surface area (Å²) in [5.41, 5.74) is 1.12. The Labute approximate surface area is 132 Å². The van der Waals surface area contributed by atoms with Crippen LogP contribution in [0.4, 0.5) is 0 Å². The summed E-state index contributed by atoms with van der Waals surface area (Å²) in [4.78, 5) is 5.04. The minimum Gasteiger partial charge on any atom is -0.301 e. The van der Waals surface area contributed by atoms with Crippen molar-refractivity contribution in [3.8, 4) is 0 Å². The van der Waals surface area contributed by atoms with Gasteiger partial charge in [-0.3, -0.25) is 0 Å². The number of hydrogen-bond donors (Lipinski definition) is 1. The van der Waals surface area contributed by atoms with Crippen LogP contribution in [0.2, 0.25) is 0 Å². The van der Waals surface area contributed by atoms with Gasteiger partial charge in [-0.1, -0.05) is 30.3 Å².